The summed E-state index contributed by atoms with van der Waals surface area (Å²) in [6.45, 7) is 5.58. The molecule has 0 saturated heterocycles. The highest BCUT2D eigenvalue weighted by Gasteiger charge is 2.16. The minimum Gasteiger partial charge on any atom is -0.394 e. The van der Waals surface area contributed by atoms with Gasteiger partial charge in [-0.1, -0.05) is 13.8 Å². The Balaban J connectivity index is 3.94. The number of carbonyl (C=O) groups excluding carboxylic acids is 1. The van der Waals surface area contributed by atoms with E-state index in [9.17, 15) is 4.79 Å². The molecule has 0 aromatic heterocycles. The number of amides is 1. The van der Waals surface area contributed by atoms with Gasteiger partial charge in [0.25, 0.3) is 0 Å². The van der Waals surface area contributed by atoms with Crippen LogP contribution in [0.1, 0.15) is 20.8 Å². The highest BCUT2D eigenvalue weighted by atomic mass is 32.1. The van der Waals surface area contributed by atoms with Gasteiger partial charge in [0, 0.05) is 0 Å². The van der Waals surface area contributed by atoms with Crippen LogP contribution in [0.3, 0.4) is 0 Å². The molecule has 12 heavy (non-hydrogen) atoms. The zero-order chi connectivity index (χ0) is 9.72. The average Bonchev–Trinajstić information content (AvgIpc) is 1.98. The van der Waals surface area contributed by atoms with Crippen LogP contribution in [0, 0.1) is 5.92 Å². The predicted octanol–water partition coefficient (Wildman–Crippen LogP) is 0.438. The Morgan fingerprint density at radius 2 is 2.00 bits per heavy atom. The van der Waals surface area contributed by atoms with Crippen molar-refractivity contribution in [1.29, 1.82) is 0 Å². The summed E-state index contributed by atoms with van der Waals surface area (Å²) in [7, 11) is 0. The first-order valence-electron chi connectivity index (χ1n) is 4.08. The quantitative estimate of drug-likeness (QED) is 0.565. The molecule has 0 aliphatic carbocycles. The Morgan fingerprint density at radius 1 is 1.50 bits per heavy atom. The lowest BCUT2D eigenvalue weighted by atomic mass is 10.1. The minimum absolute atomic E-state index is 0.0239. The van der Waals surface area contributed by atoms with Crippen LogP contribution < -0.4 is 5.32 Å². The number of aliphatic hydroxyl groups excluding tert-OH is 1. The molecule has 0 spiro atoms. The molecule has 0 rings (SSSR count). The number of hydrogen-bond donors (Lipinski definition) is 3. The zero-order valence-electron chi connectivity index (χ0n) is 7.74. The first kappa shape index (κ1) is 11.8. The molecule has 0 aliphatic rings. The van der Waals surface area contributed by atoms with Crippen molar-refractivity contribution >= 4 is 18.5 Å². The van der Waals surface area contributed by atoms with Gasteiger partial charge in [-0.05, 0) is 12.8 Å². The summed E-state index contributed by atoms with van der Waals surface area (Å²) in [6.07, 6.45) is 0. The third kappa shape index (κ3) is 3.97. The van der Waals surface area contributed by atoms with E-state index < -0.39 is 0 Å². The van der Waals surface area contributed by atoms with Crippen molar-refractivity contribution in [3.05, 3.63) is 0 Å². The molecule has 72 valence electrons. The molecule has 0 aliphatic heterocycles. The summed E-state index contributed by atoms with van der Waals surface area (Å²) in [5.74, 6) is 0.108. The molecule has 2 N–H and O–H groups in total. The average molecular weight is 191 g/mol. The second-order valence-electron chi connectivity index (χ2n) is 3.22. The smallest absolute Gasteiger partial charge is 0.232 e. The van der Waals surface area contributed by atoms with E-state index in [-0.39, 0.29) is 29.7 Å². The molecular formula is C8H17NO2S. The Morgan fingerprint density at radius 3 is 2.25 bits per heavy atom. The third-order valence-electron chi connectivity index (χ3n) is 1.71. The summed E-state index contributed by atoms with van der Waals surface area (Å²) < 4.78 is 0. The van der Waals surface area contributed by atoms with Crippen LogP contribution in [0.15, 0.2) is 0 Å². The maximum absolute atomic E-state index is 11.1. The Kier molecular flexibility index (Phi) is 5.33. The first-order valence-corrected chi connectivity index (χ1v) is 4.60. The van der Waals surface area contributed by atoms with Crippen LogP contribution >= 0.6 is 12.6 Å². The van der Waals surface area contributed by atoms with Crippen LogP contribution in [0.4, 0.5) is 0 Å². The first-order chi connectivity index (χ1) is 5.49. The molecule has 3 nitrogen and oxygen atoms in total. The molecule has 2 unspecified atom stereocenters. The Labute approximate surface area is 79.0 Å². The lowest BCUT2D eigenvalue weighted by Gasteiger charge is -2.20. The SMILES string of the molecule is CC(S)C(=O)NC(CO)C(C)C. The summed E-state index contributed by atoms with van der Waals surface area (Å²) >= 11 is 3.98. The predicted molar refractivity (Wildman–Crippen MR) is 52.3 cm³/mol. The molecule has 0 heterocycles. The summed E-state index contributed by atoms with van der Waals surface area (Å²) in [5.41, 5.74) is 0. The fraction of sp³-hybridized carbons (Fsp3) is 0.875. The highest BCUT2D eigenvalue weighted by molar-refractivity contribution is 7.81. The molecule has 0 fully saturated rings. The van der Waals surface area contributed by atoms with Crippen LogP contribution in [-0.2, 0) is 4.79 Å². The van der Waals surface area contributed by atoms with Gasteiger partial charge in [-0.3, -0.25) is 4.79 Å². The molecule has 1 amide bonds. The monoisotopic (exact) mass is 191 g/mol. The van der Waals surface area contributed by atoms with Gasteiger partial charge in [0.2, 0.25) is 5.91 Å². The van der Waals surface area contributed by atoms with Crippen LogP contribution in [0.2, 0.25) is 0 Å². The van der Waals surface area contributed by atoms with Crippen molar-refractivity contribution in [3.8, 4) is 0 Å². The van der Waals surface area contributed by atoms with E-state index in [1.54, 1.807) is 6.92 Å². The second kappa shape index (κ2) is 5.43. The number of nitrogens with one attached hydrogen (secondary N) is 1. The minimum atomic E-state index is -0.321. The largest absolute Gasteiger partial charge is 0.394 e. The van der Waals surface area contributed by atoms with Gasteiger partial charge in [0.1, 0.15) is 0 Å². The topological polar surface area (TPSA) is 49.3 Å². The van der Waals surface area contributed by atoms with Gasteiger partial charge in [0.05, 0.1) is 17.9 Å². The van der Waals surface area contributed by atoms with Crippen molar-refractivity contribution in [2.75, 3.05) is 6.61 Å². The number of thiol groups is 1. The van der Waals surface area contributed by atoms with Crippen molar-refractivity contribution in [2.24, 2.45) is 5.92 Å². The van der Waals surface area contributed by atoms with Crippen LogP contribution in [0.5, 0.6) is 0 Å². The van der Waals surface area contributed by atoms with Gasteiger partial charge in [-0.2, -0.15) is 12.6 Å². The normalized spacial score (nSPS) is 15.8. The van der Waals surface area contributed by atoms with E-state index in [0.717, 1.165) is 0 Å². The number of carbonyl (C=O) groups is 1. The molecule has 0 bridgehead atoms. The van der Waals surface area contributed by atoms with Crippen LogP contribution in [0.25, 0.3) is 0 Å². The molecule has 2 atom stereocenters. The summed E-state index contributed by atoms with van der Waals surface area (Å²) in [5, 5.41) is 11.3. The number of aliphatic hydroxyl groups is 1. The molecule has 0 radical (unpaired) electrons. The Bertz CT molecular complexity index is 148. The van der Waals surface area contributed by atoms with Gasteiger partial charge in [-0.25, -0.2) is 0 Å². The van der Waals surface area contributed by atoms with Crippen molar-refractivity contribution < 1.29 is 9.90 Å². The fourth-order valence-corrected chi connectivity index (χ4v) is 0.801. The second-order valence-corrected chi connectivity index (χ2v) is 3.99. The number of hydrogen-bond acceptors (Lipinski definition) is 3. The standard InChI is InChI=1S/C8H17NO2S/c1-5(2)7(4-10)9-8(11)6(3)12/h5-7,10,12H,4H2,1-3H3,(H,9,11). The van der Waals surface area contributed by atoms with E-state index in [4.69, 9.17) is 5.11 Å². The number of rotatable bonds is 4. The molecule has 0 aromatic rings. The van der Waals surface area contributed by atoms with Gasteiger partial charge < -0.3 is 10.4 Å². The van der Waals surface area contributed by atoms with Crippen molar-refractivity contribution in [1.82, 2.24) is 5.32 Å². The molecular weight excluding hydrogens is 174 g/mol. The van der Waals surface area contributed by atoms with E-state index in [0.29, 0.717) is 0 Å². The molecule has 0 saturated carbocycles. The van der Waals surface area contributed by atoms with Crippen molar-refractivity contribution in [3.63, 3.8) is 0 Å². The lowest BCUT2D eigenvalue weighted by molar-refractivity contribution is -0.121. The Hall–Kier alpha value is -0.220. The van der Waals surface area contributed by atoms with Gasteiger partial charge in [-0.15, -0.1) is 0 Å². The molecule has 4 heteroatoms. The van der Waals surface area contributed by atoms with E-state index >= 15 is 0 Å². The lowest BCUT2D eigenvalue weighted by Crippen LogP contribution is -2.43. The molecule has 0 aromatic carbocycles. The fourth-order valence-electron chi connectivity index (χ4n) is 0.726. The van der Waals surface area contributed by atoms with Crippen molar-refractivity contribution in [2.45, 2.75) is 32.1 Å². The van der Waals surface area contributed by atoms with Gasteiger partial charge >= 0.3 is 0 Å². The maximum atomic E-state index is 11.1. The van der Waals surface area contributed by atoms with Gasteiger partial charge in [0.15, 0.2) is 0 Å². The van der Waals surface area contributed by atoms with E-state index in [2.05, 4.69) is 17.9 Å². The zero-order valence-corrected chi connectivity index (χ0v) is 8.64. The van der Waals surface area contributed by atoms with E-state index in [1.165, 1.54) is 0 Å². The highest BCUT2D eigenvalue weighted by Crippen LogP contribution is 2.02. The maximum Gasteiger partial charge on any atom is 0.232 e. The van der Waals surface area contributed by atoms with Crippen LogP contribution in [-0.4, -0.2) is 28.9 Å². The van der Waals surface area contributed by atoms with E-state index in [1.807, 2.05) is 13.8 Å². The summed E-state index contributed by atoms with van der Waals surface area (Å²) in [6, 6.07) is -0.160. The third-order valence-corrected chi connectivity index (χ3v) is 1.94. The summed E-state index contributed by atoms with van der Waals surface area (Å²) in [4.78, 5) is 11.1.